The highest BCUT2D eigenvalue weighted by Crippen LogP contribution is 2.45. The largest absolute Gasteiger partial charge is 0.503 e. The first-order valence-corrected chi connectivity index (χ1v) is 13.3. The Kier molecular flexibility index (Phi) is 7.74. The van der Waals surface area contributed by atoms with Crippen LogP contribution in [0.25, 0.3) is 0 Å². The Hall–Kier alpha value is -3.57. The van der Waals surface area contributed by atoms with E-state index in [1.807, 2.05) is 0 Å². The second-order valence-electron chi connectivity index (χ2n) is 8.49. The second-order valence-corrected chi connectivity index (χ2v) is 10.7. The fourth-order valence-corrected chi connectivity index (χ4v) is 5.98. The molecule has 1 unspecified atom stereocenters. The lowest BCUT2D eigenvalue weighted by Crippen LogP contribution is -2.31. The van der Waals surface area contributed by atoms with Gasteiger partial charge in [-0.2, -0.15) is 0 Å². The van der Waals surface area contributed by atoms with Gasteiger partial charge in [-0.15, -0.1) is 11.3 Å². The molecular weight excluding hydrogens is 514 g/mol. The molecule has 0 fully saturated rings. The zero-order valence-corrected chi connectivity index (χ0v) is 22.8. The number of aliphatic hydroxyl groups is 1. The van der Waals surface area contributed by atoms with Gasteiger partial charge in [0.15, 0.2) is 10.9 Å². The van der Waals surface area contributed by atoms with Crippen LogP contribution in [0.15, 0.2) is 35.6 Å². The molecule has 1 aliphatic rings. The summed E-state index contributed by atoms with van der Waals surface area (Å²) in [5.41, 5.74) is 1.38. The Labute approximate surface area is 222 Å². The lowest BCUT2D eigenvalue weighted by Gasteiger charge is -2.25. The maximum Gasteiger partial charge on any atom is 0.350 e. The molecule has 0 saturated heterocycles. The van der Waals surface area contributed by atoms with Gasteiger partial charge in [0, 0.05) is 0 Å². The number of rotatable bonds is 9. The topological polar surface area (TPSA) is 119 Å². The average Bonchev–Trinajstić information content (AvgIpc) is 3.51. The summed E-state index contributed by atoms with van der Waals surface area (Å²) >= 11 is 2.16. The van der Waals surface area contributed by atoms with Crippen molar-refractivity contribution < 1.29 is 29.0 Å². The first-order chi connectivity index (χ1) is 17.7. The number of hydrogen-bond acceptors (Lipinski definition) is 10. The minimum absolute atomic E-state index is 0.0741. The second kappa shape index (κ2) is 10.8. The SMILES string of the molecule is CCCCOc1cccc(C2C(C(=O)c3sc(C)nc3C)=C(O)C(=O)N2c2nc(C)c(C(=O)OC)s2)c1. The Morgan fingerprint density at radius 3 is 2.49 bits per heavy atom. The van der Waals surface area contributed by atoms with Gasteiger partial charge in [-0.25, -0.2) is 14.8 Å². The number of ether oxygens (including phenoxy) is 2. The van der Waals surface area contributed by atoms with E-state index in [0.29, 0.717) is 39.2 Å². The van der Waals surface area contributed by atoms with Crippen LogP contribution >= 0.6 is 22.7 Å². The van der Waals surface area contributed by atoms with Crippen LogP contribution in [0.4, 0.5) is 5.13 Å². The normalized spacial score (nSPS) is 15.4. The van der Waals surface area contributed by atoms with E-state index in [0.717, 1.165) is 24.2 Å². The molecule has 4 rings (SSSR count). The number of aliphatic hydroxyl groups excluding tert-OH is 1. The van der Waals surface area contributed by atoms with Crippen molar-refractivity contribution in [3.05, 3.63) is 67.3 Å². The third-order valence-electron chi connectivity index (χ3n) is 5.87. The summed E-state index contributed by atoms with van der Waals surface area (Å²) in [4.78, 5) is 50.1. The first-order valence-electron chi connectivity index (χ1n) is 11.7. The summed E-state index contributed by atoms with van der Waals surface area (Å²) in [7, 11) is 1.26. The maximum atomic E-state index is 13.8. The number of carbonyl (C=O) groups excluding carboxylic acids is 3. The molecule has 0 spiro atoms. The summed E-state index contributed by atoms with van der Waals surface area (Å²) in [6.07, 6.45) is 1.85. The molecule has 1 aromatic carbocycles. The van der Waals surface area contributed by atoms with E-state index in [9.17, 15) is 19.5 Å². The first kappa shape index (κ1) is 26.5. The Balaban J connectivity index is 1.85. The van der Waals surface area contributed by atoms with Crippen molar-refractivity contribution in [1.82, 2.24) is 9.97 Å². The van der Waals surface area contributed by atoms with E-state index in [1.165, 1.54) is 23.3 Å². The third kappa shape index (κ3) is 5.01. The number of esters is 1. The Morgan fingerprint density at radius 1 is 1.11 bits per heavy atom. The molecular formula is C26H27N3O6S2. The van der Waals surface area contributed by atoms with Crippen LogP contribution < -0.4 is 9.64 Å². The molecule has 2 aromatic heterocycles. The number of hydrogen-bond donors (Lipinski definition) is 1. The summed E-state index contributed by atoms with van der Waals surface area (Å²) in [6, 6.07) is 6.08. The molecule has 1 amide bonds. The fraction of sp³-hybridized carbons (Fsp3) is 0.346. The zero-order valence-electron chi connectivity index (χ0n) is 21.2. The number of aryl methyl sites for hydroxylation is 3. The summed E-state index contributed by atoms with van der Waals surface area (Å²) in [6.45, 7) is 7.72. The van der Waals surface area contributed by atoms with Crippen molar-refractivity contribution in [2.45, 2.75) is 46.6 Å². The van der Waals surface area contributed by atoms with Gasteiger partial charge in [0.2, 0.25) is 5.78 Å². The number of amides is 1. The van der Waals surface area contributed by atoms with Gasteiger partial charge < -0.3 is 14.6 Å². The summed E-state index contributed by atoms with van der Waals surface area (Å²) in [5.74, 6) is -1.94. The molecule has 37 heavy (non-hydrogen) atoms. The minimum atomic E-state index is -0.993. The highest BCUT2D eigenvalue weighted by Gasteiger charge is 2.47. The zero-order chi connectivity index (χ0) is 26.9. The molecule has 1 aliphatic heterocycles. The van der Waals surface area contributed by atoms with Crippen molar-refractivity contribution in [3.63, 3.8) is 0 Å². The van der Waals surface area contributed by atoms with Gasteiger partial charge in [0.1, 0.15) is 10.6 Å². The number of thiazole rings is 2. The van der Waals surface area contributed by atoms with E-state index >= 15 is 0 Å². The van der Waals surface area contributed by atoms with Crippen LogP contribution in [0.5, 0.6) is 5.75 Å². The van der Waals surface area contributed by atoms with Crippen LogP contribution in [-0.4, -0.2) is 46.5 Å². The molecule has 3 aromatic rings. The molecule has 11 heteroatoms. The molecule has 1 N–H and O–H groups in total. The Morgan fingerprint density at radius 2 is 1.84 bits per heavy atom. The number of ketones is 1. The third-order valence-corrected chi connectivity index (χ3v) is 8.07. The molecule has 0 radical (unpaired) electrons. The van der Waals surface area contributed by atoms with E-state index in [4.69, 9.17) is 9.47 Å². The highest BCUT2D eigenvalue weighted by atomic mass is 32.1. The monoisotopic (exact) mass is 541 g/mol. The van der Waals surface area contributed by atoms with Crippen molar-refractivity contribution in [1.29, 1.82) is 0 Å². The number of benzene rings is 1. The lowest BCUT2D eigenvalue weighted by atomic mass is 9.95. The van der Waals surface area contributed by atoms with E-state index in [-0.39, 0.29) is 15.6 Å². The number of carbonyl (C=O) groups is 3. The van der Waals surface area contributed by atoms with E-state index < -0.39 is 29.5 Å². The number of unbranched alkanes of at least 4 members (excludes halogenated alkanes) is 1. The summed E-state index contributed by atoms with van der Waals surface area (Å²) < 4.78 is 10.7. The Bertz CT molecular complexity index is 1410. The maximum absolute atomic E-state index is 13.8. The van der Waals surface area contributed by atoms with Crippen molar-refractivity contribution in [3.8, 4) is 5.75 Å². The van der Waals surface area contributed by atoms with Gasteiger partial charge in [0.25, 0.3) is 5.91 Å². The molecule has 0 aliphatic carbocycles. The average molecular weight is 542 g/mol. The fourth-order valence-electron chi connectivity index (χ4n) is 4.09. The molecule has 3 heterocycles. The van der Waals surface area contributed by atoms with Crippen molar-refractivity contribution in [2.24, 2.45) is 0 Å². The predicted octanol–water partition coefficient (Wildman–Crippen LogP) is 5.27. The molecule has 9 nitrogen and oxygen atoms in total. The molecule has 0 saturated carbocycles. The van der Waals surface area contributed by atoms with E-state index in [1.54, 1.807) is 45.0 Å². The lowest BCUT2D eigenvalue weighted by molar-refractivity contribution is -0.117. The standard InChI is InChI=1S/C26H27N3O6S2/c1-6-7-11-35-17-10-8-9-16(12-17)19-18(20(30)22-13(2)27-15(4)36-22)21(31)24(32)29(19)26-28-14(3)23(37-26)25(33)34-5/h8-10,12,19,31H,6-7,11H2,1-5H3. The molecule has 194 valence electrons. The van der Waals surface area contributed by atoms with Crippen LogP contribution in [0.1, 0.15) is 67.1 Å². The van der Waals surface area contributed by atoms with Gasteiger partial charge in [-0.05, 0) is 44.9 Å². The van der Waals surface area contributed by atoms with Gasteiger partial charge in [-0.1, -0.05) is 36.8 Å². The molecule has 0 bridgehead atoms. The van der Waals surface area contributed by atoms with Gasteiger partial charge in [0.05, 0.1) is 46.6 Å². The number of nitrogens with zero attached hydrogens (tertiary/aromatic N) is 3. The predicted molar refractivity (Wildman–Crippen MR) is 141 cm³/mol. The quantitative estimate of drug-likeness (QED) is 0.221. The minimum Gasteiger partial charge on any atom is -0.503 e. The van der Waals surface area contributed by atoms with Crippen LogP contribution in [0.3, 0.4) is 0 Å². The summed E-state index contributed by atoms with van der Waals surface area (Å²) in [5, 5.41) is 11.9. The molecule has 1 atom stereocenters. The van der Waals surface area contributed by atoms with E-state index in [2.05, 4.69) is 16.9 Å². The number of aromatic nitrogens is 2. The smallest absolute Gasteiger partial charge is 0.350 e. The van der Waals surface area contributed by atoms with Crippen LogP contribution in [-0.2, 0) is 9.53 Å². The number of Topliss-reactive ketones (excluding diaryl/α,β-unsaturated/α-hetero) is 1. The van der Waals surface area contributed by atoms with Crippen LogP contribution in [0, 0.1) is 20.8 Å². The van der Waals surface area contributed by atoms with Crippen molar-refractivity contribution >= 4 is 45.5 Å². The van der Waals surface area contributed by atoms with Gasteiger partial charge >= 0.3 is 5.97 Å². The van der Waals surface area contributed by atoms with Crippen molar-refractivity contribution in [2.75, 3.05) is 18.6 Å². The number of anilines is 1. The number of methoxy groups -OCH3 is 1. The van der Waals surface area contributed by atoms with Crippen LogP contribution in [0.2, 0.25) is 0 Å². The van der Waals surface area contributed by atoms with Gasteiger partial charge in [-0.3, -0.25) is 14.5 Å². The highest BCUT2D eigenvalue weighted by molar-refractivity contribution is 7.17.